The minimum atomic E-state index is -0.0344. The van der Waals surface area contributed by atoms with E-state index in [0.717, 1.165) is 12.8 Å². The molecule has 0 unspecified atom stereocenters. The maximum absolute atomic E-state index is 12.3. The fourth-order valence-corrected chi connectivity index (χ4v) is 2.84. The second-order valence-electron chi connectivity index (χ2n) is 6.23. The number of nitrogens with zero attached hydrogens (tertiary/aromatic N) is 1. The van der Waals surface area contributed by atoms with Crippen molar-refractivity contribution in [2.45, 2.75) is 18.9 Å². The Morgan fingerprint density at radius 1 is 0.962 bits per heavy atom. The molecule has 0 saturated carbocycles. The van der Waals surface area contributed by atoms with Gasteiger partial charge in [0.2, 0.25) is 0 Å². The Morgan fingerprint density at radius 2 is 1.54 bits per heavy atom. The summed E-state index contributed by atoms with van der Waals surface area (Å²) in [5.41, 5.74) is 7.09. The lowest BCUT2D eigenvalue weighted by molar-refractivity contribution is -0.134. The minimum Gasteiger partial charge on any atom is -0.484 e. The number of benzene rings is 2. The molecule has 0 atom stereocenters. The van der Waals surface area contributed by atoms with Crippen molar-refractivity contribution < 1.29 is 14.3 Å². The van der Waals surface area contributed by atoms with Gasteiger partial charge in [-0.3, -0.25) is 9.59 Å². The van der Waals surface area contributed by atoms with Crippen molar-refractivity contribution in [1.82, 2.24) is 4.90 Å². The van der Waals surface area contributed by atoms with Gasteiger partial charge in [-0.2, -0.15) is 0 Å². The van der Waals surface area contributed by atoms with Gasteiger partial charge in [0.25, 0.3) is 5.91 Å². The molecule has 1 amide bonds. The SMILES string of the molecule is Cl.NC1CCN(C(=O)COc2ccc(C(=O)c3ccccc3)cc2)CC1. The minimum absolute atomic E-state index is 0. The van der Waals surface area contributed by atoms with Gasteiger partial charge >= 0.3 is 0 Å². The number of ether oxygens (including phenoxy) is 1. The molecule has 6 heteroatoms. The number of halogens is 1. The summed E-state index contributed by atoms with van der Waals surface area (Å²) in [5.74, 6) is 0.510. The van der Waals surface area contributed by atoms with Gasteiger partial charge in [0.05, 0.1) is 0 Å². The summed E-state index contributed by atoms with van der Waals surface area (Å²) in [6, 6.07) is 16.2. The fraction of sp³-hybridized carbons (Fsp3) is 0.300. The molecule has 0 aromatic heterocycles. The van der Waals surface area contributed by atoms with E-state index in [0.29, 0.717) is 30.0 Å². The molecule has 0 bridgehead atoms. The van der Waals surface area contributed by atoms with Crippen LogP contribution in [0.1, 0.15) is 28.8 Å². The molecular formula is C20H23ClN2O3. The summed E-state index contributed by atoms with van der Waals surface area (Å²) in [6.45, 7) is 1.38. The molecule has 0 radical (unpaired) electrons. The maximum Gasteiger partial charge on any atom is 0.260 e. The highest BCUT2D eigenvalue weighted by Crippen LogP contribution is 2.16. The molecule has 3 rings (SSSR count). The Labute approximate surface area is 159 Å². The first-order valence-corrected chi connectivity index (χ1v) is 8.49. The molecule has 2 aromatic carbocycles. The average Bonchev–Trinajstić information content (AvgIpc) is 2.67. The number of amides is 1. The van der Waals surface area contributed by atoms with Gasteiger partial charge in [0.15, 0.2) is 12.4 Å². The van der Waals surface area contributed by atoms with E-state index in [1.165, 1.54) is 0 Å². The molecule has 26 heavy (non-hydrogen) atoms. The second-order valence-corrected chi connectivity index (χ2v) is 6.23. The van der Waals surface area contributed by atoms with E-state index in [1.54, 1.807) is 41.3 Å². The van der Waals surface area contributed by atoms with Gasteiger partial charge in [-0.1, -0.05) is 30.3 Å². The van der Waals surface area contributed by atoms with Crippen molar-refractivity contribution in [3.63, 3.8) is 0 Å². The standard InChI is InChI=1S/C20H22N2O3.ClH/c21-17-10-12-22(13-11-17)19(23)14-25-18-8-6-16(7-9-18)20(24)15-4-2-1-3-5-15;/h1-9,17H,10-14,21H2;1H. The third kappa shape index (κ3) is 5.07. The normalized spacial score (nSPS) is 14.4. The molecule has 0 spiro atoms. The van der Waals surface area contributed by atoms with Crippen LogP contribution in [-0.2, 0) is 4.79 Å². The van der Waals surface area contributed by atoms with E-state index < -0.39 is 0 Å². The quantitative estimate of drug-likeness (QED) is 0.816. The molecule has 2 aromatic rings. The Bertz CT molecular complexity index is 726. The highest BCUT2D eigenvalue weighted by atomic mass is 35.5. The van der Waals surface area contributed by atoms with Crippen LogP contribution in [0.2, 0.25) is 0 Å². The van der Waals surface area contributed by atoms with Crippen LogP contribution in [0.3, 0.4) is 0 Å². The van der Waals surface area contributed by atoms with Gasteiger partial charge in [0, 0.05) is 30.3 Å². The number of hydrogen-bond donors (Lipinski definition) is 1. The highest BCUT2D eigenvalue weighted by Gasteiger charge is 2.20. The molecule has 1 aliphatic heterocycles. The van der Waals surface area contributed by atoms with Crippen molar-refractivity contribution >= 4 is 24.1 Å². The van der Waals surface area contributed by atoms with E-state index >= 15 is 0 Å². The molecule has 2 N–H and O–H groups in total. The van der Waals surface area contributed by atoms with E-state index in [2.05, 4.69) is 0 Å². The zero-order valence-electron chi connectivity index (χ0n) is 14.5. The van der Waals surface area contributed by atoms with E-state index in [-0.39, 0.29) is 36.7 Å². The lowest BCUT2D eigenvalue weighted by Gasteiger charge is -2.30. The lowest BCUT2D eigenvalue weighted by atomic mass is 10.0. The first-order valence-electron chi connectivity index (χ1n) is 8.49. The monoisotopic (exact) mass is 374 g/mol. The molecule has 1 heterocycles. The van der Waals surface area contributed by atoms with Crippen molar-refractivity contribution in [2.75, 3.05) is 19.7 Å². The van der Waals surface area contributed by atoms with Crippen LogP contribution in [0.25, 0.3) is 0 Å². The molecular weight excluding hydrogens is 352 g/mol. The van der Waals surface area contributed by atoms with Crippen molar-refractivity contribution in [1.29, 1.82) is 0 Å². The summed E-state index contributed by atoms with van der Waals surface area (Å²) in [4.78, 5) is 26.3. The average molecular weight is 375 g/mol. The number of likely N-dealkylation sites (tertiary alicyclic amines) is 1. The molecule has 1 aliphatic rings. The summed E-state index contributed by atoms with van der Waals surface area (Å²) < 4.78 is 5.55. The molecule has 5 nitrogen and oxygen atoms in total. The number of nitrogens with two attached hydrogens (primary N) is 1. The molecule has 0 aliphatic carbocycles. The first kappa shape index (κ1) is 19.9. The smallest absolute Gasteiger partial charge is 0.260 e. The van der Waals surface area contributed by atoms with Crippen LogP contribution in [-0.4, -0.2) is 42.3 Å². The van der Waals surface area contributed by atoms with Crippen molar-refractivity contribution in [2.24, 2.45) is 5.73 Å². The summed E-state index contributed by atoms with van der Waals surface area (Å²) in [6.07, 6.45) is 1.67. The number of piperidine rings is 1. The highest BCUT2D eigenvalue weighted by molar-refractivity contribution is 6.08. The van der Waals surface area contributed by atoms with Gasteiger partial charge in [-0.15, -0.1) is 12.4 Å². The number of carbonyl (C=O) groups is 2. The number of rotatable bonds is 5. The summed E-state index contributed by atoms with van der Waals surface area (Å²) >= 11 is 0. The Balaban J connectivity index is 0.00000243. The molecule has 1 saturated heterocycles. The third-order valence-corrected chi connectivity index (χ3v) is 4.41. The summed E-state index contributed by atoms with van der Waals surface area (Å²) in [5, 5.41) is 0. The molecule has 1 fully saturated rings. The zero-order chi connectivity index (χ0) is 17.6. The van der Waals surface area contributed by atoms with E-state index in [1.807, 2.05) is 18.2 Å². The van der Waals surface area contributed by atoms with Gasteiger partial charge in [-0.25, -0.2) is 0 Å². The van der Waals surface area contributed by atoms with Gasteiger partial charge < -0.3 is 15.4 Å². The lowest BCUT2D eigenvalue weighted by Crippen LogP contribution is -2.44. The van der Waals surface area contributed by atoms with E-state index in [4.69, 9.17) is 10.5 Å². The van der Waals surface area contributed by atoms with Crippen molar-refractivity contribution in [3.05, 3.63) is 65.7 Å². The summed E-state index contributed by atoms with van der Waals surface area (Å²) in [7, 11) is 0. The van der Waals surface area contributed by atoms with Gasteiger partial charge in [-0.05, 0) is 37.1 Å². The predicted molar refractivity (Wildman–Crippen MR) is 103 cm³/mol. The number of carbonyl (C=O) groups excluding carboxylic acids is 2. The predicted octanol–water partition coefficient (Wildman–Crippen LogP) is 2.67. The van der Waals surface area contributed by atoms with Crippen molar-refractivity contribution in [3.8, 4) is 5.75 Å². The fourth-order valence-electron chi connectivity index (χ4n) is 2.84. The maximum atomic E-state index is 12.3. The number of hydrogen-bond acceptors (Lipinski definition) is 4. The topological polar surface area (TPSA) is 72.6 Å². The second kappa shape index (κ2) is 9.36. The Kier molecular flexibility index (Phi) is 7.18. The number of ketones is 1. The Morgan fingerprint density at radius 3 is 2.15 bits per heavy atom. The molecule has 138 valence electrons. The first-order chi connectivity index (χ1) is 12.1. The van der Waals surface area contributed by atoms with E-state index in [9.17, 15) is 9.59 Å². The van der Waals surface area contributed by atoms with Crippen LogP contribution in [0.15, 0.2) is 54.6 Å². The largest absolute Gasteiger partial charge is 0.484 e. The van der Waals surface area contributed by atoms with Crippen LogP contribution in [0, 0.1) is 0 Å². The van der Waals surface area contributed by atoms with Crippen LogP contribution in [0.4, 0.5) is 0 Å². The van der Waals surface area contributed by atoms with Crippen LogP contribution in [0.5, 0.6) is 5.75 Å². The third-order valence-electron chi connectivity index (χ3n) is 4.41. The zero-order valence-corrected chi connectivity index (χ0v) is 15.3. The van der Waals surface area contributed by atoms with Crippen LogP contribution >= 0.6 is 12.4 Å². The van der Waals surface area contributed by atoms with Crippen LogP contribution < -0.4 is 10.5 Å². The Hall–Kier alpha value is -2.37. The van der Waals surface area contributed by atoms with Gasteiger partial charge in [0.1, 0.15) is 5.75 Å².